The van der Waals surface area contributed by atoms with Gasteiger partial charge in [0, 0.05) is 5.39 Å². The third-order valence-corrected chi connectivity index (χ3v) is 4.28. The van der Waals surface area contributed by atoms with E-state index in [1.807, 2.05) is 60.7 Å². The van der Waals surface area contributed by atoms with Gasteiger partial charge in [-0.05, 0) is 29.4 Å². The van der Waals surface area contributed by atoms with Gasteiger partial charge in [-0.1, -0.05) is 66.7 Å². The average Bonchev–Trinajstić information content (AvgIpc) is 3.37. The van der Waals surface area contributed by atoms with Crippen LogP contribution in [-0.4, -0.2) is 5.97 Å². The number of rotatable bonds is 3. The van der Waals surface area contributed by atoms with Crippen LogP contribution in [-0.2, 0) is 4.79 Å². The first-order valence-electron chi connectivity index (χ1n) is 7.57. The number of esters is 1. The van der Waals surface area contributed by atoms with Crippen LogP contribution in [0, 0.1) is 5.92 Å². The highest BCUT2D eigenvalue weighted by Crippen LogP contribution is 2.48. The normalized spacial score (nSPS) is 19.8. The second-order valence-electron chi connectivity index (χ2n) is 5.76. The lowest BCUT2D eigenvalue weighted by molar-refractivity contribution is -0.135. The molecule has 2 atom stereocenters. The average molecular weight is 288 g/mol. The Morgan fingerprint density at radius 3 is 2.45 bits per heavy atom. The fraction of sp³-hybridized carbons (Fsp3) is 0.150. The van der Waals surface area contributed by atoms with E-state index in [0.29, 0.717) is 11.7 Å². The van der Waals surface area contributed by atoms with Crippen LogP contribution >= 0.6 is 0 Å². The number of hydrogen-bond donors (Lipinski definition) is 0. The van der Waals surface area contributed by atoms with Crippen molar-refractivity contribution in [2.75, 3.05) is 0 Å². The molecular formula is C20H16O2. The lowest BCUT2D eigenvalue weighted by atomic mass is 10.1. The Hall–Kier alpha value is -2.61. The number of fused-ring (bicyclic) bond motifs is 1. The molecule has 0 amide bonds. The highest BCUT2D eigenvalue weighted by molar-refractivity contribution is 5.91. The molecule has 1 saturated carbocycles. The van der Waals surface area contributed by atoms with Gasteiger partial charge in [-0.15, -0.1) is 0 Å². The van der Waals surface area contributed by atoms with Crippen LogP contribution in [0.3, 0.4) is 0 Å². The van der Waals surface area contributed by atoms with Crippen molar-refractivity contribution in [3.8, 4) is 5.75 Å². The molecule has 0 bridgehead atoms. The van der Waals surface area contributed by atoms with Gasteiger partial charge in [0.15, 0.2) is 0 Å². The van der Waals surface area contributed by atoms with Gasteiger partial charge in [0.05, 0.1) is 5.92 Å². The number of ether oxygens (including phenoxy) is 1. The molecule has 1 aliphatic rings. The van der Waals surface area contributed by atoms with E-state index in [0.717, 1.165) is 17.2 Å². The van der Waals surface area contributed by atoms with E-state index in [1.54, 1.807) is 0 Å². The molecular weight excluding hydrogens is 272 g/mol. The molecule has 0 radical (unpaired) electrons. The van der Waals surface area contributed by atoms with Gasteiger partial charge in [0.1, 0.15) is 5.75 Å². The molecule has 0 aromatic heterocycles. The van der Waals surface area contributed by atoms with E-state index < -0.39 is 0 Å². The summed E-state index contributed by atoms with van der Waals surface area (Å²) < 4.78 is 5.66. The summed E-state index contributed by atoms with van der Waals surface area (Å²) >= 11 is 0. The maximum absolute atomic E-state index is 12.4. The van der Waals surface area contributed by atoms with Crippen LogP contribution in [0.5, 0.6) is 5.75 Å². The summed E-state index contributed by atoms with van der Waals surface area (Å²) in [7, 11) is 0. The Kier molecular flexibility index (Phi) is 3.15. The molecule has 1 aliphatic carbocycles. The Balaban J connectivity index is 1.53. The van der Waals surface area contributed by atoms with Crippen molar-refractivity contribution < 1.29 is 9.53 Å². The molecule has 0 unspecified atom stereocenters. The molecule has 2 nitrogen and oxygen atoms in total. The van der Waals surface area contributed by atoms with Gasteiger partial charge >= 0.3 is 5.97 Å². The molecule has 0 spiro atoms. The highest BCUT2D eigenvalue weighted by atomic mass is 16.5. The summed E-state index contributed by atoms with van der Waals surface area (Å²) in [5, 5.41) is 2.07. The smallest absolute Gasteiger partial charge is 0.314 e. The first-order valence-corrected chi connectivity index (χ1v) is 7.57. The molecule has 3 aromatic carbocycles. The molecule has 22 heavy (non-hydrogen) atoms. The van der Waals surface area contributed by atoms with Crippen LogP contribution < -0.4 is 4.74 Å². The summed E-state index contributed by atoms with van der Waals surface area (Å²) in [6.07, 6.45) is 0.883. The van der Waals surface area contributed by atoms with Gasteiger partial charge in [0.2, 0.25) is 0 Å². The summed E-state index contributed by atoms with van der Waals surface area (Å²) in [6.45, 7) is 0. The minimum absolute atomic E-state index is 0.0126. The predicted octanol–water partition coefficient (Wildman–Crippen LogP) is 4.55. The molecule has 3 aromatic rings. The SMILES string of the molecule is O=C(Oc1cccc2ccccc12)[C@@H]1C[C@@H]1c1ccccc1. The third-order valence-electron chi connectivity index (χ3n) is 4.28. The maximum atomic E-state index is 12.4. The molecule has 108 valence electrons. The molecule has 0 aliphatic heterocycles. The quantitative estimate of drug-likeness (QED) is 0.522. The fourth-order valence-corrected chi connectivity index (χ4v) is 2.99. The van der Waals surface area contributed by atoms with E-state index in [2.05, 4.69) is 12.1 Å². The Bertz CT molecular complexity index is 818. The van der Waals surface area contributed by atoms with Crippen LogP contribution in [0.1, 0.15) is 17.9 Å². The van der Waals surface area contributed by atoms with Crippen molar-refractivity contribution in [2.45, 2.75) is 12.3 Å². The summed E-state index contributed by atoms with van der Waals surface area (Å²) in [5.74, 6) is 0.831. The zero-order valence-electron chi connectivity index (χ0n) is 12.1. The molecule has 0 heterocycles. The van der Waals surface area contributed by atoms with Crippen LogP contribution in [0.25, 0.3) is 10.8 Å². The van der Waals surface area contributed by atoms with Crippen molar-refractivity contribution >= 4 is 16.7 Å². The minimum atomic E-state index is -0.120. The van der Waals surface area contributed by atoms with Crippen molar-refractivity contribution in [3.05, 3.63) is 78.4 Å². The molecule has 0 saturated heterocycles. The summed E-state index contributed by atoms with van der Waals surface area (Å²) in [5.41, 5.74) is 1.22. The van der Waals surface area contributed by atoms with Crippen LogP contribution in [0.4, 0.5) is 0 Å². The van der Waals surface area contributed by atoms with Crippen molar-refractivity contribution in [3.63, 3.8) is 0 Å². The standard InChI is InChI=1S/C20H16O2/c21-20(18-13-17(18)15-7-2-1-3-8-15)22-19-12-6-10-14-9-4-5-11-16(14)19/h1-12,17-18H,13H2/t17-,18-/m1/s1. The first kappa shape index (κ1) is 13.1. The van der Waals surface area contributed by atoms with E-state index in [4.69, 9.17) is 4.74 Å². The van der Waals surface area contributed by atoms with Crippen LogP contribution in [0.2, 0.25) is 0 Å². The topological polar surface area (TPSA) is 26.3 Å². The third kappa shape index (κ3) is 2.37. The lowest BCUT2D eigenvalue weighted by Crippen LogP contribution is -2.11. The second-order valence-corrected chi connectivity index (χ2v) is 5.76. The number of carbonyl (C=O) groups excluding carboxylic acids is 1. The monoisotopic (exact) mass is 288 g/mol. The zero-order chi connectivity index (χ0) is 14.9. The van der Waals surface area contributed by atoms with Crippen LogP contribution in [0.15, 0.2) is 72.8 Å². The zero-order valence-corrected chi connectivity index (χ0v) is 12.1. The first-order chi connectivity index (χ1) is 10.8. The molecule has 1 fully saturated rings. The van der Waals surface area contributed by atoms with E-state index in [9.17, 15) is 4.79 Å². The van der Waals surface area contributed by atoms with Gasteiger partial charge in [-0.2, -0.15) is 0 Å². The highest BCUT2D eigenvalue weighted by Gasteiger charge is 2.45. The van der Waals surface area contributed by atoms with Crippen molar-refractivity contribution in [2.24, 2.45) is 5.92 Å². The van der Waals surface area contributed by atoms with Crippen molar-refractivity contribution in [1.29, 1.82) is 0 Å². The Morgan fingerprint density at radius 2 is 1.59 bits per heavy atom. The van der Waals surface area contributed by atoms with E-state index in [-0.39, 0.29) is 11.9 Å². The van der Waals surface area contributed by atoms with Gasteiger partial charge in [-0.3, -0.25) is 4.79 Å². The number of hydrogen-bond acceptors (Lipinski definition) is 2. The summed E-state index contributed by atoms with van der Waals surface area (Å²) in [6, 6.07) is 24.0. The van der Waals surface area contributed by atoms with Crippen molar-refractivity contribution in [1.82, 2.24) is 0 Å². The van der Waals surface area contributed by atoms with Gasteiger partial charge in [-0.25, -0.2) is 0 Å². The Labute approximate surface area is 129 Å². The fourth-order valence-electron chi connectivity index (χ4n) is 2.99. The van der Waals surface area contributed by atoms with E-state index >= 15 is 0 Å². The lowest BCUT2D eigenvalue weighted by Gasteiger charge is -2.07. The molecule has 2 heteroatoms. The van der Waals surface area contributed by atoms with Gasteiger partial charge in [0.25, 0.3) is 0 Å². The van der Waals surface area contributed by atoms with Gasteiger partial charge < -0.3 is 4.74 Å². The molecule has 4 rings (SSSR count). The second kappa shape index (κ2) is 5.30. The number of carbonyl (C=O) groups is 1. The summed E-state index contributed by atoms with van der Waals surface area (Å²) in [4.78, 5) is 12.4. The maximum Gasteiger partial charge on any atom is 0.314 e. The Morgan fingerprint density at radius 1 is 0.864 bits per heavy atom. The number of benzene rings is 3. The molecule has 0 N–H and O–H groups in total. The predicted molar refractivity (Wildman–Crippen MR) is 86.9 cm³/mol. The minimum Gasteiger partial charge on any atom is -0.426 e. The largest absolute Gasteiger partial charge is 0.426 e. The van der Waals surface area contributed by atoms with E-state index in [1.165, 1.54) is 5.56 Å².